The summed E-state index contributed by atoms with van der Waals surface area (Å²) in [5.41, 5.74) is 0. The maximum Gasteiger partial charge on any atom is 0.310 e. The van der Waals surface area contributed by atoms with E-state index in [1.165, 1.54) is 6.42 Å². The molecule has 1 aliphatic carbocycles. The van der Waals surface area contributed by atoms with Crippen molar-refractivity contribution in [2.24, 2.45) is 11.8 Å². The summed E-state index contributed by atoms with van der Waals surface area (Å²) in [4.78, 5) is 41.6. The fourth-order valence-electron chi connectivity index (χ4n) is 4.29. The molecule has 0 aromatic heterocycles. The smallest absolute Gasteiger partial charge is 0.310 e. The molecule has 2 heterocycles. The molecule has 0 aromatic carbocycles. The van der Waals surface area contributed by atoms with Crippen LogP contribution in [0.25, 0.3) is 0 Å². The number of hydrogen-bond acceptors (Lipinski definition) is 5. The molecule has 26 heavy (non-hydrogen) atoms. The van der Waals surface area contributed by atoms with Crippen LogP contribution in [-0.2, 0) is 19.1 Å². The SMILES string of the molecule is CCOC(=O)C1CCCN(C(=O)C2CSCN2C(=O)C2CCCCC2)C1. The molecular formula is C19H30N2O4S. The fraction of sp³-hybridized carbons (Fsp3) is 0.842. The lowest BCUT2D eigenvalue weighted by molar-refractivity contribution is -0.153. The monoisotopic (exact) mass is 382 g/mol. The summed E-state index contributed by atoms with van der Waals surface area (Å²) in [7, 11) is 0. The Labute approximate surface area is 160 Å². The van der Waals surface area contributed by atoms with Crippen molar-refractivity contribution < 1.29 is 19.1 Å². The van der Waals surface area contributed by atoms with Gasteiger partial charge in [0.15, 0.2) is 0 Å². The Bertz CT molecular complexity index is 536. The first-order valence-corrected chi connectivity index (χ1v) is 11.1. The van der Waals surface area contributed by atoms with Crippen molar-refractivity contribution in [3.8, 4) is 0 Å². The minimum Gasteiger partial charge on any atom is -0.466 e. The van der Waals surface area contributed by atoms with Gasteiger partial charge in [-0.15, -0.1) is 11.8 Å². The average molecular weight is 383 g/mol. The average Bonchev–Trinajstić information content (AvgIpc) is 3.17. The number of ether oxygens (including phenoxy) is 1. The summed E-state index contributed by atoms with van der Waals surface area (Å²) in [6, 6.07) is -0.365. The lowest BCUT2D eigenvalue weighted by Gasteiger charge is -2.36. The number of amides is 2. The van der Waals surface area contributed by atoms with Crippen LogP contribution in [0.5, 0.6) is 0 Å². The summed E-state index contributed by atoms with van der Waals surface area (Å²) in [5.74, 6) is 1.09. The number of hydrogen-bond donors (Lipinski definition) is 0. The van der Waals surface area contributed by atoms with Crippen LogP contribution in [0.4, 0.5) is 0 Å². The highest BCUT2D eigenvalue weighted by molar-refractivity contribution is 7.99. The molecule has 2 amide bonds. The highest BCUT2D eigenvalue weighted by atomic mass is 32.2. The van der Waals surface area contributed by atoms with Crippen LogP contribution in [-0.4, -0.2) is 65.0 Å². The molecule has 0 radical (unpaired) electrons. The second-order valence-corrected chi connectivity index (χ2v) is 8.53. The molecule has 146 valence electrons. The highest BCUT2D eigenvalue weighted by Crippen LogP contribution is 2.31. The zero-order chi connectivity index (χ0) is 18.5. The Morgan fingerprint density at radius 3 is 2.46 bits per heavy atom. The first-order valence-electron chi connectivity index (χ1n) is 9.95. The minimum atomic E-state index is -0.365. The quantitative estimate of drug-likeness (QED) is 0.698. The zero-order valence-corrected chi connectivity index (χ0v) is 16.5. The number of thioether (sulfide) groups is 1. The maximum absolute atomic E-state index is 13.1. The van der Waals surface area contributed by atoms with Gasteiger partial charge < -0.3 is 14.5 Å². The fourth-order valence-corrected chi connectivity index (χ4v) is 5.44. The number of likely N-dealkylation sites (tertiary alicyclic amines) is 1. The standard InChI is InChI=1S/C19H30N2O4S/c1-2-25-19(24)15-9-6-10-20(11-15)18(23)16-12-26-13-21(16)17(22)14-7-4-3-5-8-14/h14-16H,2-13H2,1H3. The first kappa shape index (κ1) is 19.5. The van der Waals surface area contributed by atoms with E-state index in [2.05, 4.69) is 0 Å². The second kappa shape index (κ2) is 9.11. The van der Waals surface area contributed by atoms with E-state index in [4.69, 9.17) is 4.74 Å². The normalized spacial score (nSPS) is 27.4. The van der Waals surface area contributed by atoms with Crippen LogP contribution >= 0.6 is 11.8 Å². The summed E-state index contributed by atoms with van der Waals surface area (Å²) in [6.45, 7) is 3.26. The van der Waals surface area contributed by atoms with Gasteiger partial charge in [-0.05, 0) is 32.6 Å². The molecule has 0 aromatic rings. The summed E-state index contributed by atoms with van der Waals surface area (Å²) < 4.78 is 5.13. The molecule has 0 N–H and O–H groups in total. The number of esters is 1. The second-order valence-electron chi connectivity index (χ2n) is 7.53. The van der Waals surface area contributed by atoms with Crippen LogP contribution in [0.15, 0.2) is 0 Å². The van der Waals surface area contributed by atoms with Crippen LogP contribution in [0.3, 0.4) is 0 Å². The molecule has 2 atom stereocenters. The van der Waals surface area contributed by atoms with Gasteiger partial charge >= 0.3 is 5.97 Å². The maximum atomic E-state index is 13.1. The number of rotatable bonds is 4. The molecule has 6 nitrogen and oxygen atoms in total. The highest BCUT2D eigenvalue weighted by Gasteiger charge is 2.41. The predicted octanol–water partition coefficient (Wildman–Crippen LogP) is 2.27. The molecule has 3 rings (SSSR count). The number of carbonyl (C=O) groups is 3. The van der Waals surface area contributed by atoms with E-state index < -0.39 is 0 Å². The number of nitrogens with zero attached hydrogens (tertiary/aromatic N) is 2. The Balaban J connectivity index is 1.62. The predicted molar refractivity (Wildman–Crippen MR) is 100 cm³/mol. The van der Waals surface area contributed by atoms with Crippen LogP contribution < -0.4 is 0 Å². The molecule has 3 aliphatic rings. The third-order valence-corrected chi connectivity index (χ3v) is 6.77. The summed E-state index contributed by atoms with van der Waals surface area (Å²) >= 11 is 1.66. The lowest BCUT2D eigenvalue weighted by Crippen LogP contribution is -2.53. The van der Waals surface area contributed by atoms with Gasteiger partial charge in [0.05, 0.1) is 18.4 Å². The van der Waals surface area contributed by atoms with Crippen molar-refractivity contribution >= 4 is 29.5 Å². The van der Waals surface area contributed by atoms with Gasteiger partial charge in [0.25, 0.3) is 0 Å². The van der Waals surface area contributed by atoms with Gasteiger partial charge in [0, 0.05) is 24.8 Å². The Morgan fingerprint density at radius 1 is 1.00 bits per heavy atom. The van der Waals surface area contributed by atoms with Gasteiger partial charge in [-0.1, -0.05) is 19.3 Å². The van der Waals surface area contributed by atoms with Crippen LogP contribution in [0.1, 0.15) is 51.9 Å². The summed E-state index contributed by atoms with van der Waals surface area (Å²) in [5, 5.41) is 0. The van der Waals surface area contributed by atoms with Gasteiger partial charge in [0.1, 0.15) is 6.04 Å². The minimum absolute atomic E-state index is 0.00755. The molecule has 2 aliphatic heterocycles. The Morgan fingerprint density at radius 2 is 1.73 bits per heavy atom. The van der Waals surface area contributed by atoms with Crippen LogP contribution in [0, 0.1) is 11.8 Å². The zero-order valence-electron chi connectivity index (χ0n) is 15.7. The Kier molecular flexibility index (Phi) is 6.84. The topological polar surface area (TPSA) is 66.9 Å². The number of carbonyl (C=O) groups excluding carboxylic acids is 3. The first-order chi connectivity index (χ1) is 12.6. The van der Waals surface area contributed by atoms with Crippen molar-refractivity contribution in [2.75, 3.05) is 31.3 Å². The van der Waals surface area contributed by atoms with Gasteiger partial charge in [-0.2, -0.15) is 0 Å². The van der Waals surface area contributed by atoms with E-state index in [0.717, 1.165) is 38.5 Å². The summed E-state index contributed by atoms with van der Waals surface area (Å²) in [6.07, 6.45) is 6.93. The van der Waals surface area contributed by atoms with E-state index in [-0.39, 0.29) is 35.7 Å². The van der Waals surface area contributed by atoms with Crippen LogP contribution in [0.2, 0.25) is 0 Å². The van der Waals surface area contributed by atoms with Gasteiger partial charge in [-0.25, -0.2) is 0 Å². The molecular weight excluding hydrogens is 352 g/mol. The molecule has 2 saturated heterocycles. The molecule has 3 fully saturated rings. The lowest BCUT2D eigenvalue weighted by atomic mass is 9.88. The van der Waals surface area contributed by atoms with Gasteiger partial charge in [-0.3, -0.25) is 14.4 Å². The largest absolute Gasteiger partial charge is 0.466 e. The van der Waals surface area contributed by atoms with Crippen molar-refractivity contribution in [1.29, 1.82) is 0 Å². The van der Waals surface area contributed by atoms with Crippen molar-refractivity contribution in [2.45, 2.75) is 57.9 Å². The molecule has 0 spiro atoms. The third-order valence-electron chi connectivity index (χ3n) is 5.76. The van der Waals surface area contributed by atoms with Gasteiger partial charge in [0.2, 0.25) is 11.8 Å². The number of piperidine rings is 1. The van der Waals surface area contributed by atoms with E-state index in [0.29, 0.717) is 31.3 Å². The van der Waals surface area contributed by atoms with Crippen molar-refractivity contribution in [3.63, 3.8) is 0 Å². The van der Waals surface area contributed by atoms with E-state index in [1.807, 2.05) is 0 Å². The van der Waals surface area contributed by atoms with E-state index in [1.54, 1.807) is 28.5 Å². The third kappa shape index (κ3) is 4.35. The van der Waals surface area contributed by atoms with E-state index >= 15 is 0 Å². The molecule has 1 saturated carbocycles. The van der Waals surface area contributed by atoms with Crippen molar-refractivity contribution in [1.82, 2.24) is 9.80 Å². The van der Waals surface area contributed by atoms with Crippen molar-refractivity contribution in [3.05, 3.63) is 0 Å². The van der Waals surface area contributed by atoms with E-state index in [9.17, 15) is 14.4 Å². The molecule has 7 heteroatoms. The Hall–Kier alpha value is -1.24. The molecule has 0 bridgehead atoms. The molecule has 2 unspecified atom stereocenters.